The molecule has 0 aliphatic heterocycles. The van der Waals surface area contributed by atoms with Gasteiger partial charge in [-0.15, -0.1) is 0 Å². The molecule has 2 rings (SSSR count). The maximum Gasteiger partial charge on any atom is 0.277 e. The molecule has 26 heavy (non-hydrogen) atoms. The monoisotopic (exact) mass is 354 g/mol. The fourth-order valence-electron chi connectivity index (χ4n) is 2.23. The van der Waals surface area contributed by atoms with Crippen molar-refractivity contribution in [2.24, 2.45) is 5.10 Å². The zero-order valence-electron chi connectivity index (χ0n) is 15.8. The van der Waals surface area contributed by atoms with Crippen molar-refractivity contribution in [1.82, 2.24) is 5.43 Å². The van der Waals surface area contributed by atoms with Gasteiger partial charge in [0, 0.05) is 0 Å². The van der Waals surface area contributed by atoms with Crippen LogP contribution >= 0.6 is 0 Å². The minimum absolute atomic E-state index is 0.0878. The molecule has 0 bridgehead atoms. The Labute approximate surface area is 155 Å². The Morgan fingerprint density at radius 1 is 1.00 bits per heavy atom. The molecule has 0 unspecified atom stereocenters. The molecule has 0 saturated heterocycles. The molecule has 0 radical (unpaired) electrons. The van der Waals surface area contributed by atoms with Crippen molar-refractivity contribution in [3.8, 4) is 11.5 Å². The highest BCUT2D eigenvalue weighted by molar-refractivity contribution is 5.83. The molecule has 1 amide bonds. The van der Waals surface area contributed by atoms with Crippen LogP contribution in [0.1, 0.15) is 38.8 Å². The smallest absolute Gasteiger partial charge is 0.277 e. The third-order valence-corrected chi connectivity index (χ3v) is 3.68. The van der Waals surface area contributed by atoms with Crippen LogP contribution in [0.2, 0.25) is 0 Å². The Morgan fingerprint density at radius 2 is 1.58 bits per heavy atom. The van der Waals surface area contributed by atoms with E-state index >= 15 is 0 Å². The van der Waals surface area contributed by atoms with E-state index in [9.17, 15) is 4.79 Å². The Hall–Kier alpha value is -2.82. The van der Waals surface area contributed by atoms with Crippen molar-refractivity contribution < 1.29 is 14.3 Å². The van der Waals surface area contributed by atoms with E-state index in [4.69, 9.17) is 9.47 Å². The van der Waals surface area contributed by atoms with Crippen LogP contribution in [0.4, 0.5) is 0 Å². The summed E-state index contributed by atoms with van der Waals surface area (Å²) < 4.78 is 10.9. The first-order chi connectivity index (χ1) is 12.4. The molecule has 0 saturated carbocycles. The molecular weight excluding hydrogens is 328 g/mol. The van der Waals surface area contributed by atoms with E-state index < -0.39 is 0 Å². The maximum absolute atomic E-state index is 11.8. The molecule has 0 heterocycles. The van der Waals surface area contributed by atoms with E-state index in [1.54, 1.807) is 6.21 Å². The molecule has 5 heteroatoms. The second kappa shape index (κ2) is 9.04. The predicted molar refractivity (Wildman–Crippen MR) is 104 cm³/mol. The lowest BCUT2D eigenvalue weighted by atomic mass is 9.87. The summed E-state index contributed by atoms with van der Waals surface area (Å²) in [7, 11) is 0. The largest absolute Gasteiger partial charge is 0.494 e. The summed E-state index contributed by atoms with van der Waals surface area (Å²) in [5.41, 5.74) is 4.62. The van der Waals surface area contributed by atoms with E-state index in [1.807, 2.05) is 55.5 Å². The third-order valence-electron chi connectivity index (χ3n) is 3.68. The summed E-state index contributed by atoms with van der Waals surface area (Å²) >= 11 is 0. The molecule has 0 atom stereocenters. The van der Waals surface area contributed by atoms with E-state index in [2.05, 4.69) is 31.3 Å². The van der Waals surface area contributed by atoms with Crippen LogP contribution in [0.15, 0.2) is 53.6 Å². The van der Waals surface area contributed by atoms with Crippen LogP contribution in [-0.4, -0.2) is 25.3 Å². The standard InChI is InChI=1S/C21H26N2O3/c1-5-25-18-10-6-16(7-11-18)14-22-23-20(24)15-26-19-12-8-17(9-13-19)21(2,3)4/h6-14H,5,15H2,1-4H3,(H,23,24)/b22-14+. The topological polar surface area (TPSA) is 59.9 Å². The first kappa shape index (κ1) is 19.5. The van der Waals surface area contributed by atoms with Crippen molar-refractivity contribution in [3.05, 3.63) is 59.7 Å². The van der Waals surface area contributed by atoms with Gasteiger partial charge in [0.15, 0.2) is 6.61 Å². The van der Waals surface area contributed by atoms with Crippen molar-refractivity contribution >= 4 is 12.1 Å². The maximum atomic E-state index is 11.8. The number of carbonyl (C=O) groups is 1. The van der Waals surface area contributed by atoms with Crippen molar-refractivity contribution in [2.45, 2.75) is 33.1 Å². The molecule has 0 spiro atoms. The van der Waals surface area contributed by atoms with E-state index in [-0.39, 0.29) is 17.9 Å². The van der Waals surface area contributed by atoms with E-state index in [0.717, 1.165) is 11.3 Å². The summed E-state index contributed by atoms with van der Waals surface area (Å²) in [6, 6.07) is 15.2. The van der Waals surface area contributed by atoms with Gasteiger partial charge in [-0.05, 0) is 59.9 Å². The zero-order chi connectivity index (χ0) is 19.0. The summed E-state index contributed by atoms with van der Waals surface area (Å²) in [6.45, 7) is 8.93. The average molecular weight is 354 g/mol. The number of hydrazone groups is 1. The van der Waals surface area contributed by atoms with Crippen molar-refractivity contribution in [1.29, 1.82) is 0 Å². The van der Waals surface area contributed by atoms with Gasteiger partial charge in [-0.2, -0.15) is 5.10 Å². The number of hydrogen-bond acceptors (Lipinski definition) is 4. The molecule has 138 valence electrons. The highest BCUT2D eigenvalue weighted by atomic mass is 16.5. The fourth-order valence-corrected chi connectivity index (χ4v) is 2.23. The predicted octanol–water partition coefficient (Wildman–Crippen LogP) is 3.91. The number of ether oxygens (including phenoxy) is 2. The second-order valence-corrected chi connectivity index (χ2v) is 6.86. The number of carbonyl (C=O) groups excluding carboxylic acids is 1. The first-order valence-electron chi connectivity index (χ1n) is 8.66. The summed E-state index contributed by atoms with van der Waals surface area (Å²) in [5, 5.41) is 3.93. The van der Waals surface area contributed by atoms with Crippen LogP contribution in [0.5, 0.6) is 11.5 Å². The van der Waals surface area contributed by atoms with Gasteiger partial charge in [0.25, 0.3) is 5.91 Å². The molecule has 5 nitrogen and oxygen atoms in total. The number of nitrogens with one attached hydrogen (secondary N) is 1. The first-order valence-corrected chi connectivity index (χ1v) is 8.66. The van der Waals surface area contributed by atoms with E-state index in [0.29, 0.717) is 12.4 Å². The summed E-state index contributed by atoms with van der Waals surface area (Å²) in [4.78, 5) is 11.8. The van der Waals surface area contributed by atoms with Gasteiger partial charge in [-0.25, -0.2) is 5.43 Å². The number of benzene rings is 2. The Kier molecular flexibility index (Phi) is 6.78. The molecule has 0 aliphatic carbocycles. The molecule has 0 aromatic heterocycles. The lowest BCUT2D eigenvalue weighted by Crippen LogP contribution is -2.24. The molecular formula is C21H26N2O3. The minimum Gasteiger partial charge on any atom is -0.494 e. The second-order valence-electron chi connectivity index (χ2n) is 6.86. The highest BCUT2D eigenvalue weighted by Gasteiger charge is 2.13. The zero-order valence-corrected chi connectivity index (χ0v) is 15.8. The average Bonchev–Trinajstić information content (AvgIpc) is 2.61. The van der Waals surface area contributed by atoms with Gasteiger partial charge in [0.2, 0.25) is 0 Å². The van der Waals surface area contributed by atoms with Crippen LogP contribution in [0, 0.1) is 0 Å². The lowest BCUT2D eigenvalue weighted by Gasteiger charge is -2.19. The molecule has 2 aromatic rings. The minimum atomic E-state index is -0.313. The van der Waals surface area contributed by atoms with Crippen LogP contribution in [0.3, 0.4) is 0 Å². The number of nitrogens with zero attached hydrogens (tertiary/aromatic N) is 1. The quantitative estimate of drug-likeness (QED) is 0.606. The molecule has 2 aromatic carbocycles. The summed E-state index contributed by atoms with van der Waals surface area (Å²) in [5.74, 6) is 1.15. The summed E-state index contributed by atoms with van der Waals surface area (Å²) in [6.07, 6.45) is 1.58. The molecule has 0 aliphatic rings. The fraction of sp³-hybridized carbons (Fsp3) is 0.333. The van der Waals surface area contributed by atoms with Crippen LogP contribution in [0.25, 0.3) is 0 Å². The van der Waals surface area contributed by atoms with Gasteiger partial charge in [0.05, 0.1) is 12.8 Å². The lowest BCUT2D eigenvalue weighted by molar-refractivity contribution is -0.123. The Morgan fingerprint density at radius 3 is 2.15 bits per heavy atom. The molecule has 1 N–H and O–H groups in total. The van der Waals surface area contributed by atoms with Gasteiger partial charge >= 0.3 is 0 Å². The molecule has 0 fully saturated rings. The van der Waals surface area contributed by atoms with Crippen LogP contribution < -0.4 is 14.9 Å². The van der Waals surface area contributed by atoms with Gasteiger partial charge in [-0.3, -0.25) is 4.79 Å². The van der Waals surface area contributed by atoms with Gasteiger partial charge in [0.1, 0.15) is 11.5 Å². The van der Waals surface area contributed by atoms with Crippen molar-refractivity contribution in [3.63, 3.8) is 0 Å². The number of rotatable bonds is 7. The normalized spacial score (nSPS) is 11.4. The third kappa shape index (κ3) is 6.24. The van der Waals surface area contributed by atoms with Crippen molar-refractivity contribution in [2.75, 3.05) is 13.2 Å². The highest BCUT2D eigenvalue weighted by Crippen LogP contribution is 2.24. The number of amides is 1. The van der Waals surface area contributed by atoms with Gasteiger partial charge in [-0.1, -0.05) is 32.9 Å². The number of hydrogen-bond donors (Lipinski definition) is 1. The SMILES string of the molecule is CCOc1ccc(/C=N/NC(=O)COc2ccc(C(C)(C)C)cc2)cc1. The van der Waals surface area contributed by atoms with E-state index in [1.165, 1.54) is 5.56 Å². The Balaban J connectivity index is 1.78. The van der Waals surface area contributed by atoms with Gasteiger partial charge < -0.3 is 9.47 Å². The van der Waals surface area contributed by atoms with Crippen LogP contribution in [-0.2, 0) is 10.2 Å². The Bertz CT molecular complexity index is 729.